The predicted molar refractivity (Wildman–Crippen MR) is 45.6 cm³/mol. The van der Waals surface area contributed by atoms with E-state index in [0.29, 0.717) is 6.42 Å². The average Bonchev–Trinajstić information content (AvgIpc) is 1.97. The van der Waals surface area contributed by atoms with E-state index < -0.39 is 19.1 Å². The van der Waals surface area contributed by atoms with Crippen LogP contribution < -0.4 is 51.4 Å². The number of halogens is 3. The van der Waals surface area contributed by atoms with Crippen LogP contribution in [-0.4, -0.2) is 32.8 Å². The first kappa shape index (κ1) is 17.8. The summed E-state index contributed by atoms with van der Waals surface area (Å²) in [7, 11) is 1.52. The van der Waals surface area contributed by atoms with Crippen molar-refractivity contribution < 1.29 is 73.8 Å². The van der Waals surface area contributed by atoms with Gasteiger partial charge in [0.2, 0.25) is 0 Å². The topological polar surface area (TPSA) is 18.5 Å². The molecule has 0 unspecified atom stereocenters. The molecule has 2 nitrogen and oxygen atoms in total. The van der Waals surface area contributed by atoms with Crippen LogP contribution in [0.5, 0.6) is 0 Å². The smallest absolute Gasteiger partial charge is 0.447 e. The molecule has 0 aliphatic heterocycles. The third-order valence-corrected chi connectivity index (χ3v) is 1.71. The van der Waals surface area contributed by atoms with Crippen molar-refractivity contribution in [2.75, 3.05) is 20.2 Å². The second-order valence-electron chi connectivity index (χ2n) is 3.50. The molecule has 0 aromatic heterocycles. The molecular weight excluding hydrogens is 223 g/mol. The van der Waals surface area contributed by atoms with Crippen molar-refractivity contribution in [1.29, 1.82) is 0 Å². The maximum atomic E-state index is 11.7. The number of ether oxygens (including phenoxy) is 2. The molecule has 14 heavy (non-hydrogen) atoms. The second-order valence-corrected chi connectivity index (χ2v) is 3.50. The van der Waals surface area contributed by atoms with Crippen LogP contribution in [0, 0.1) is 0 Å². The van der Waals surface area contributed by atoms with Crippen molar-refractivity contribution in [2.24, 2.45) is 0 Å². The molecule has 0 amide bonds. The molecule has 0 rings (SSSR count). The summed E-state index contributed by atoms with van der Waals surface area (Å²) in [4.78, 5) is 0. The van der Waals surface area contributed by atoms with Crippen LogP contribution in [0.15, 0.2) is 0 Å². The van der Waals surface area contributed by atoms with Gasteiger partial charge < -0.3 is 22.4 Å². The molecular formula is C7H15BF3KO2. The third kappa shape index (κ3) is 11.5. The normalized spacial score (nSPS) is 12.4. The third-order valence-electron chi connectivity index (χ3n) is 1.71. The van der Waals surface area contributed by atoms with Crippen LogP contribution in [0.2, 0.25) is 0 Å². The van der Waals surface area contributed by atoms with Crippen molar-refractivity contribution >= 4 is 6.98 Å². The summed E-state index contributed by atoms with van der Waals surface area (Å²) in [6.07, 6.45) is 0.454. The minimum atomic E-state index is -4.82. The Labute approximate surface area is 125 Å². The largest absolute Gasteiger partial charge is 1.00 e. The van der Waals surface area contributed by atoms with Gasteiger partial charge in [-0.05, 0) is 20.3 Å². The molecule has 0 saturated carbocycles. The molecule has 80 valence electrons. The molecule has 0 aromatic rings. The molecule has 0 atom stereocenters. The zero-order valence-corrected chi connectivity index (χ0v) is 12.3. The van der Waals surface area contributed by atoms with Gasteiger partial charge in [0.15, 0.2) is 0 Å². The summed E-state index contributed by atoms with van der Waals surface area (Å²) >= 11 is 0. The van der Waals surface area contributed by atoms with Gasteiger partial charge in [0.25, 0.3) is 0 Å². The molecule has 0 saturated heterocycles. The van der Waals surface area contributed by atoms with Crippen LogP contribution in [0.4, 0.5) is 12.9 Å². The van der Waals surface area contributed by atoms with E-state index in [1.807, 2.05) is 0 Å². The van der Waals surface area contributed by atoms with Gasteiger partial charge in [0.1, 0.15) is 0 Å². The van der Waals surface area contributed by atoms with E-state index in [0.717, 1.165) is 0 Å². The summed E-state index contributed by atoms with van der Waals surface area (Å²) in [5, 5.41) is 0. The van der Waals surface area contributed by atoms with Crippen LogP contribution in [0.1, 0.15) is 20.3 Å². The number of hydrogen-bond acceptors (Lipinski definition) is 2. The van der Waals surface area contributed by atoms with Gasteiger partial charge in [-0.2, -0.15) is 0 Å². The molecule has 7 heteroatoms. The van der Waals surface area contributed by atoms with Crippen LogP contribution >= 0.6 is 0 Å². The molecule has 0 aromatic carbocycles. The summed E-state index contributed by atoms with van der Waals surface area (Å²) in [6, 6.07) is 0. The minimum Gasteiger partial charge on any atom is -0.447 e. The van der Waals surface area contributed by atoms with Gasteiger partial charge in [-0.3, -0.25) is 0 Å². The molecule has 0 bridgehead atoms. The van der Waals surface area contributed by atoms with Crippen molar-refractivity contribution in [3.8, 4) is 0 Å². The summed E-state index contributed by atoms with van der Waals surface area (Å²) in [6.45, 7) is -2.27. The van der Waals surface area contributed by atoms with Crippen molar-refractivity contribution in [3.63, 3.8) is 0 Å². The van der Waals surface area contributed by atoms with Crippen molar-refractivity contribution in [1.82, 2.24) is 0 Å². The van der Waals surface area contributed by atoms with Gasteiger partial charge in [0.05, 0.1) is 5.60 Å². The maximum absolute atomic E-state index is 11.7. The predicted octanol–water partition coefficient (Wildman–Crippen LogP) is -0.791. The molecule has 0 heterocycles. The van der Waals surface area contributed by atoms with E-state index in [1.54, 1.807) is 13.8 Å². The maximum Gasteiger partial charge on any atom is 1.00 e. The van der Waals surface area contributed by atoms with E-state index in [1.165, 1.54) is 7.11 Å². The van der Waals surface area contributed by atoms with Gasteiger partial charge >= 0.3 is 58.4 Å². The summed E-state index contributed by atoms with van der Waals surface area (Å²) in [5.41, 5.74) is -0.418. The quantitative estimate of drug-likeness (QED) is 0.446. The fourth-order valence-corrected chi connectivity index (χ4v) is 0.637. The van der Waals surface area contributed by atoms with Gasteiger partial charge in [-0.25, -0.2) is 0 Å². The Bertz CT molecular complexity index is 152. The first-order chi connectivity index (χ1) is 5.77. The zero-order chi connectivity index (χ0) is 10.5. The number of methoxy groups -OCH3 is 1. The number of rotatable bonds is 6. The summed E-state index contributed by atoms with van der Waals surface area (Å²) < 4.78 is 44.5. The minimum absolute atomic E-state index is 0. The Morgan fingerprint density at radius 2 is 1.71 bits per heavy atom. The molecule has 0 fully saturated rings. The average molecular weight is 238 g/mol. The Balaban J connectivity index is 0. The Hall–Kier alpha value is 1.41. The van der Waals surface area contributed by atoms with Crippen molar-refractivity contribution in [3.05, 3.63) is 0 Å². The Morgan fingerprint density at radius 3 is 2.07 bits per heavy atom. The monoisotopic (exact) mass is 238 g/mol. The number of hydrogen-bond donors (Lipinski definition) is 0. The summed E-state index contributed by atoms with van der Waals surface area (Å²) in [5.74, 6) is 0. The van der Waals surface area contributed by atoms with E-state index in [4.69, 9.17) is 4.74 Å². The molecule has 0 N–H and O–H groups in total. The first-order valence-electron chi connectivity index (χ1n) is 4.11. The molecule has 0 aliphatic carbocycles. The van der Waals surface area contributed by atoms with Gasteiger partial charge in [-0.1, -0.05) is 0 Å². The van der Waals surface area contributed by atoms with Crippen LogP contribution in [0.25, 0.3) is 0 Å². The molecule has 0 radical (unpaired) electrons. The Kier molecular flexibility index (Phi) is 9.72. The van der Waals surface area contributed by atoms with E-state index in [9.17, 15) is 12.9 Å². The van der Waals surface area contributed by atoms with E-state index in [2.05, 4.69) is 4.74 Å². The Morgan fingerprint density at radius 1 is 1.21 bits per heavy atom. The SMILES string of the molecule is COC(C)(C)CCOC[B-](F)(F)F.[K+]. The van der Waals surface area contributed by atoms with Crippen LogP contribution in [-0.2, 0) is 9.47 Å². The fourth-order valence-electron chi connectivity index (χ4n) is 0.637. The standard InChI is InChI=1S/C7H15BF3O2.K/c1-7(2,12-3)4-5-13-6-8(9,10)11;/h4-6H2,1-3H3;/q-1;+1. The fraction of sp³-hybridized carbons (Fsp3) is 1.00. The molecule has 0 spiro atoms. The first-order valence-corrected chi connectivity index (χ1v) is 4.11. The zero-order valence-electron chi connectivity index (χ0n) is 9.15. The molecule has 0 aliphatic rings. The second kappa shape index (κ2) is 7.65. The van der Waals surface area contributed by atoms with E-state index >= 15 is 0 Å². The van der Waals surface area contributed by atoms with Gasteiger partial charge in [-0.15, -0.1) is 0 Å². The van der Waals surface area contributed by atoms with Gasteiger partial charge in [0, 0.05) is 20.2 Å². The van der Waals surface area contributed by atoms with E-state index in [-0.39, 0.29) is 58.0 Å². The van der Waals surface area contributed by atoms with Crippen LogP contribution in [0.3, 0.4) is 0 Å². The van der Waals surface area contributed by atoms with Crippen molar-refractivity contribution in [2.45, 2.75) is 25.9 Å².